The Morgan fingerprint density at radius 3 is 3.00 bits per heavy atom. The van der Waals surface area contributed by atoms with Crippen molar-refractivity contribution in [2.45, 2.75) is 19.5 Å². The average molecular weight is 217 g/mol. The molecular weight excluding hydrogens is 202 g/mol. The van der Waals surface area contributed by atoms with Crippen molar-refractivity contribution in [2.75, 3.05) is 6.54 Å². The Kier molecular flexibility index (Phi) is 3.61. The fraction of sp³-hybridized carbons (Fsp3) is 0.364. The molecular formula is C11H15N5. The van der Waals surface area contributed by atoms with Crippen LogP contribution in [0.2, 0.25) is 0 Å². The van der Waals surface area contributed by atoms with Crippen molar-refractivity contribution in [3.05, 3.63) is 42.7 Å². The molecule has 1 atom stereocenters. The molecule has 0 amide bonds. The van der Waals surface area contributed by atoms with E-state index in [1.165, 1.54) is 0 Å². The molecule has 84 valence electrons. The van der Waals surface area contributed by atoms with Crippen molar-refractivity contribution in [1.29, 1.82) is 0 Å². The number of hydrogen-bond donors (Lipinski definition) is 1. The summed E-state index contributed by atoms with van der Waals surface area (Å²) in [4.78, 5) is 8.29. The summed E-state index contributed by atoms with van der Waals surface area (Å²) in [6, 6.07) is 2.13. The van der Waals surface area contributed by atoms with Crippen LogP contribution >= 0.6 is 0 Å². The van der Waals surface area contributed by atoms with Gasteiger partial charge in [0.15, 0.2) is 0 Å². The molecule has 0 aliphatic carbocycles. The fourth-order valence-electron chi connectivity index (χ4n) is 1.47. The van der Waals surface area contributed by atoms with Crippen LogP contribution in [0.3, 0.4) is 0 Å². The van der Waals surface area contributed by atoms with Crippen LogP contribution in [-0.4, -0.2) is 26.3 Å². The molecule has 0 aliphatic heterocycles. The van der Waals surface area contributed by atoms with E-state index >= 15 is 0 Å². The minimum absolute atomic E-state index is 0.212. The quantitative estimate of drug-likeness (QED) is 0.812. The minimum atomic E-state index is 0.212. The van der Waals surface area contributed by atoms with Crippen LogP contribution in [0.1, 0.15) is 18.7 Å². The maximum absolute atomic E-state index is 4.25. The summed E-state index contributed by atoms with van der Waals surface area (Å²) in [7, 11) is 0. The lowest BCUT2D eigenvalue weighted by Crippen LogP contribution is -2.24. The molecule has 1 N–H and O–H groups in total. The van der Waals surface area contributed by atoms with Gasteiger partial charge in [-0.25, -0.2) is 0 Å². The lowest BCUT2D eigenvalue weighted by atomic mass is 10.2. The van der Waals surface area contributed by atoms with Gasteiger partial charge in [-0.15, -0.1) is 0 Å². The zero-order valence-corrected chi connectivity index (χ0v) is 9.24. The zero-order valence-electron chi connectivity index (χ0n) is 9.24. The van der Waals surface area contributed by atoms with E-state index in [4.69, 9.17) is 0 Å². The van der Waals surface area contributed by atoms with Crippen LogP contribution < -0.4 is 5.32 Å². The number of nitrogens with zero attached hydrogens (tertiary/aromatic N) is 4. The Bertz CT molecular complexity index is 398. The summed E-state index contributed by atoms with van der Waals surface area (Å²) in [5, 5.41) is 7.51. The second-order valence-electron chi connectivity index (χ2n) is 3.58. The topological polar surface area (TPSA) is 55.6 Å². The van der Waals surface area contributed by atoms with Crippen molar-refractivity contribution in [3.8, 4) is 0 Å². The monoisotopic (exact) mass is 217 g/mol. The number of hydrogen-bond acceptors (Lipinski definition) is 4. The lowest BCUT2D eigenvalue weighted by molar-refractivity contribution is 0.500. The van der Waals surface area contributed by atoms with Gasteiger partial charge in [0, 0.05) is 43.6 Å². The zero-order chi connectivity index (χ0) is 11.2. The van der Waals surface area contributed by atoms with Crippen LogP contribution in [0.5, 0.6) is 0 Å². The number of aromatic nitrogens is 4. The molecule has 0 saturated carbocycles. The van der Waals surface area contributed by atoms with Gasteiger partial charge in [-0.05, 0) is 13.0 Å². The summed E-state index contributed by atoms with van der Waals surface area (Å²) in [5.41, 5.74) is 0.961. The van der Waals surface area contributed by atoms with Gasteiger partial charge in [0.2, 0.25) is 0 Å². The summed E-state index contributed by atoms with van der Waals surface area (Å²) >= 11 is 0. The van der Waals surface area contributed by atoms with E-state index in [0.29, 0.717) is 0 Å². The molecule has 2 rings (SSSR count). The smallest absolute Gasteiger partial charge is 0.0753 e. The van der Waals surface area contributed by atoms with Gasteiger partial charge < -0.3 is 5.32 Å². The summed E-state index contributed by atoms with van der Waals surface area (Å²) in [6.45, 7) is 3.80. The van der Waals surface area contributed by atoms with Crippen LogP contribution in [0.15, 0.2) is 37.1 Å². The molecule has 0 radical (unpaired) electrons. The molecule has 1 unspecified atom stereocenters. The first-order valence-corrected chi connectivity index (χ1v) is 5.33. The molecule has 0 fully saturated rings. The Morgan fingerprint density at radius 1 is 1.38 bits per heavy atom. The third-order valence-corrected chi connectivity index (χ3v) is 2.38. The van der Waals surface area contributed by atoms with Gasteiger partial charge in [-0.2, -0.15) is 5.10 Å². The highest BCUT2D eigenvalue weighted by Gasteiger charge is 2.04. The number of nitrogens with one attached hydrogen (secondary N) is 1. The molecule has 0 saturated heterocycles. The van der Waals surface area contributed by atoms with Crippen LogP contribution in [-0.2, 0) is 6.54 Å². The fourth-order valence-corrected chi connectivity index (χ4v) is 1.47. The molecule has 16 heavy (non-hydrogen) atoms. The lowest BCUT2D eigenvalue weighted by Gasteiger charge is -2.12. The predicted octanol–water partition coefficient (Wildman–Crippen LogP) is 1.02. The first kappa shape index (κ1) is 10.8. The van der Waals surface area contributed by atoms with Gasteiger partial charge in [0.25, 0.3) is 0 Å². The number of rotatable bonds is 5. The maximum Gasteiger partial charge on any atom is 0.0753 e. The van der Waals surface area contributed by atoms with Crippen LogP contribution in [0, 0.1) is 0 Å². The third kappa shape index (κ3) is 2.87. The molecule has 0 bridgehead atoms. The molecule has 2 heterocycles. The Morgan fingerprint density at radius 2 is 2.31 bits per heavy atom. The second kappa shape index (κ2) is 5.37. The van der Waals surface area contributed by atoms with Crippen molar-refractivity contribution >= 4 is 0 Å². The van der Waals surface area contributed by atoms with Crippen LogP contribution in [0.4, 0.5) is 0 Å². The molecule has 5 heteroatoms. The van der Waals surface area contributed by atoms with E-state index in [9.17, 15) is 0 Å². The maximum atomic E-state index is 4.25. The predicted molar refractivity (Wildman–Crippen MR) is 60.7 cm³/mol. The average Bonchev–Trinajstić information content (AvgIpc) is 2.83. The minimum Gasteiger partial charge on any atom is -0.307 e. The van der Waals surface area contributed by atoms with Gasteiger partial charge in [0.05, 0.1) is 12.2 Å². The standard InChI is InChI=1S/C11H15N5/c1-10(11-9-12-4-5-14-11)13-6-8-16-7-2-3-15-16/h2-5,7,9-10,13H,6,8H2,1H3. The summed E-state index contributed by atoms with van der Waals surface area (Å²) < 4.78 is 1.90. The largest absolute Gasteiger partial charge is 0.307 e. The first-order chi connectivity index (χ1) is 7.86. The van der Waals surface area contributed by atoms with E-state index in [1.54, 1.807) is 24.8 Å². The highest BCUT2D eigenvalue weighted by atomic mass is 15.3. The first-order valence-electron chi connectivity index (χ1n) is 5.33. The Hall–Kier alpha value is -1.75. The molecule has 2 aromatic heterocycles. The normalized spacial score (nSPS) is 12.6. The van der Waals surface area contributed by atoms with E-state index < -0.39 is 0 Å². The Labute approximate surface area is 94.5 Å². The van der Waals surface area contributed by atoms with E-state index in [2.05, 4.69) is 27.3 Å². The van der Waals surface area contributed by atoms with Gasteiger partial charge in [0.1, 0.15) is 0 Å². The molecule has 2 aromatic rings. The Balaban J connectivity index is 1.78. The second-order valence-corrected chi connectivity index (χ2v) is 3.58. The third-order valence-electron chi connectivity index (χ3n) is 2.38. The highest BCUT2D eigenvalue weighted by Crippen LogP contribution is 2.05. The molecule has 0 aromatic carbocycles. The van der Waals surface area contributed by atoms with E-state index in [-0.39, 0.29) is 6.04 Å². The molecule has 5 nitrogen and oxygen atoms in total. The van der Waals surface area contributed by atoms with Crippen molar-refractivity contribution < 1.29 is 0 Å². The van der Waals surface area contributed by atoms with Crippen LogP contribution in [0.25, 0.3) is 0 Å². The van der Waals surface area contributed by atoms with Gasteiger partial charge in [-0.1, -0.05) is 0 Å². The van der Waals surface area contributed by atoms with Crippen molar-refractivity contribution in [3.63, 3.8) is 0 Å². The van der Waals surface area contributed by atoms with E-state index in [1.807, 2.05) is 16.9 Å². The highest BCUT2D eigenvalue weighted by molar-refractivity contribution is 5.00. The molecule has 0 spiro atoms. The van der Waals surface area contributed by atoms with E-state index in [0.717, 1.165) is 18.8 Å². The molecule has 0 aliphatic rings. The SMILES string of the molecule is CC(NCCn1cccn1)c1cnccn1. The van der Waals surface area contributed by atoms with Gasteiger partial charge >= 0.3 is 0 Å². The van der Waals surface area contributed by atoms with Crippen molar-refractivity contribution in [2.24, 2.45) is 0 Å². The summed E-state index contributed by atoms with van der Waals surface area (Å²) in [6.07, 6.45) is 8.91. The van der Waals surface area contributed by atoms with Gasteiger partial charge in [-0.3, -0.25) is 14.6 Å². The van der Waals surface area contributed by atoms with Crippen molar-refractivity contribution in [1.82, 2.24) is 25.1 Å². The summed E-state index contributed by atoms with van der Waals surface area (Å²) in [5.74, 6) is 0.